The van der Waals surface area contributed by atoms with Crippen molar-refractivity contribution >= 4 is 33.6 Å². The van der Waals surface area contributed by atoms with Crippen LogP contribution in [-0.4, -0.2) is 62.7 Å². The standard InChI is InChI=1S/C30H37N3O5S/c1-4-25(35)33(22-12-14-30(2,3)15-13-22)17-16-32(29(37)38)19-21(18-20-8-6-5-7-9-20)23-10-11-24(34)26-27(23)39-28(36)31-26/h4-11,21-22,34H,1,12-19H2,2-3H3,(H,31,36)(H,37,38). The van der Waals surface area contributed by atoms with Crippen LogP contribution in [0.2, 0.25) is 0 Å². The molecule has 3 N–H and O–H groups in total. The van der Waals surface area contributed by atoms with Crippen molar-refractivity contribution < 1.29 is 19.8 Å². The number of rotatable bonds is 10. The molecular weight excluding hydrogens is 514 g/mol. The first-order valence-electron chi connectivity index (χ1n) is 13.4. The number of carboxylic acid groups (broad SMARTS) is 1. The van der Waals surface area contributed by atoms with Crippen LogP contribution in [-0.2, 0) is 11.2 Å². The summed E-state index contributed by atoms with van der Waals surface area (Å²) in [6.45, 7) is 8.76. The highest BCUT2D eigenvalue weighted by molar-refractivity contribution is 7.16. The van der Waals surface area contributed by atoms with E-state index in [1.165, 1.54) is 11.0 Å². The molecule has 0 spiro atoms. The number of carbonyl (C=O) groups excluding carboxylic acids is 1. The number of carbonyl (C=O) groups is 2. The minimum Gasteiger partial charge on any atom is -0.506 e. The molecule has 1 fully saturated rings. The van der Waals surface area contributed by atoms with E-state index >= 15 is 0 Å². The van der Waals surface area contributed by atoms with E-state index in [2.05, 4.69) is 25.4 Å². The first-order chi connectivity index (χ1) is 18.6. The number of phenols is 1. The number of benzene rings is 2. The first kappa shape index (κ1) is 28.4. The zero-order valence-electron chi connectivity index (χ0n) is 22.6. The van der Waals surface area contributed by atoms with Gasteiger partial charge in [-0.2, -0.15) is 0 Å². The fourth-order valence-electron chi connectivity index (χ4n) is 5.58. The predicted octanol–water partition coefficient (Wildman–Crippen LogP) is 5.58. The van der Waals surface area contributed by atoms with Gasteiger partial charge in [0.2, 0.25) is 5.91 Å². The van der Waals surface area contributed by atoms with E-state index in [1.807, 2.05) is 30.3 Å². The van der Waals surface area contributed by atoms with E-state index in [-0.39, 0.29) is 53.5 Å². The van der Waals surface area contributed by atoms with Crippen molar-refractivity contribution in [1.82, 2.24) is 14.8 Å². The second kappa shape index (κ2) is 12.1. The molecule has 0 aliphatic heterocycles. The van der Waals surface area contributed by atoms with Crippen LogP contribution in [0.15, 0.2) is 59.9 Å². The van der Waals surface area contributed by atoms with Gasteiger partial charge < -0.3 is 25.0 Å². The van der Waals surface area contributed by atoms with Crippen molar-refractivity contribution in [2.75, 3.05) is 19.6 Å². The van der Waals surface area contributed by atoms with E-state index in [0.29, 0.717) is 16.6 Å². The number of thiazole rings is 1. The molecular formula is C30H37N3O5S. The zero-order chi connectivity index (χ0) is 28.2. The van der Waals surface area contributed by atoms with Gasteiger partial charge in [0.1, 0.15) is 11.3 Å². The summed E-state index contributed by atoms with van der Waals surface area (Å²) < 4.78 is 0.625. The van der Waals surface area contributed by atoms with Gasteiger partial charge in [-0.1, -0.05) is 68.2 Å². The minimum atomic E-state index is -1.07. The molecule has 1 aliphatic rings. The third kappa shape index (κ3) is 6.89. The number of aromatic amines is 1. The summed E-state index contributed by atoms with van der Waals surface area (Å²) in [5.41, 5.74) is 2.45. The molecule has 4 rings (SSSR count). The lowest BCUT2D eigenvalue weighted by Crippen LogP contribution is -2.47. The molecule has 3 aromatic rings. The summed E-state index contributed by atoms with van der Waals surface area (Å²) in [7, 11) is 0. The zero-order valence-corrected chi connectivity index (χ0v) is 23.4. The highest BCUT2D eigenvalue weighted by Crippen LogP contribution is 2.37. The molecule has 9 heteroatoms. The molecule has 8 nitrogen and oxygen atoms in total. The Bertz CT molecular complexity index is 1370. The molecule has 1 aromatic heterocycles. The summed E-state index contributed by atoms with van der Waals surface area (Å²) in [5, 5.41) is 20.5. The first-order valence-corrected chi connectivity index (χ1v) is 14.2. The van der Waals surface area contributed by atoms with E-state index in [1.54, 1.807) is 17.0 Å². The fraction of sp³-hybridized carbons (Fsp3) is 0.433. The topological polar surface area (TPSA) is 114 Å². The Morgan fingerprint density at radius 3 is 2.49 bits per heavy atom. The molecule has 208 valence electrons. The molecule has 1 heterocycles. The number of phenolic OH excluding ortho intramolecular Hbond substituents is 1. The Morgan fingerprint density at radius 1 is 1.15 bits per heavy atom. The monoisotopic (exact) mass is 551 g/mol. The van der Waals surface area contributed by atoms with Crippen LogP contribution in [0.5, 0.6) is 5.75 Å². The summed E-state index contributed by atoms with van der Waals surface area (Å²) in [4.78, 5) is 43.0. The lowest BCUT2D eigenvalue weighted by Gasteiger charge is -2.40. The van der Waals surface area contributed by atoms with Crippen molar-refractivity contribution in [3.63, 3.8) is 0 Å². The number of nitrogens with one attached hydrogen (secondary N) is 1. The lowest BCUT2D eigenvalue weighted by molar-refractivity contribution is -0.129. The van der Waals surface area contributed by atoms with Crippen LogP contribution in [0, 0.1) is 5.41 Å². The van der Waals surface area contributed by atoms with Gasteiger partial charge in [-0.3, -0.25) is 9.59 Å². The van der Waals surface area contributed by atoms with Crippen LogP contribution >= 0.6 is 11.3 Å². The van der Waals surface area contributed by atoms with Gasteiger partial charge in [0.05, 0.1) is 4.70 Å². The average molecular weight is 552 g/mol. The van der Waals surface area contributed by atoms with Gasteiger partial charge in [0, 0.05) is 31.6 Å². The number of aromatic hydroxyl groups is 1. The van der Waals surface area contributed by atoms with Gasteiger partial charge in [-0.05, 0) is 60.8 Å². The minimum absolute atomic E-state index is 0.0186. The Morgan fingerprint density at radius 2 is 1.85 bits per heavy atom. The average Bonchev–Trinajstić information content (AvgIpc) is 3.31. The van der Waals surface area contributed by atoms with Crippen molar-refractivity contribution in [3.8, 4) is 5.75 Å². The Labute approximate surface area is 232 Å². The van der Waals surface area contributed by atoms with E-state index in [4.69, 9.17) is 0 Å². The maximum atomic E-state index is 12.8. The summed E-state index contributed by atoms with van der Waals surface area (Å²) >= 11 is 1.01. The maximum absolute atomic E-state index is 12.8. The van der Waals surface area contributed by atoms with Crippen LogP contribution in [0.25, 0.3) is 10.2 Å². The van der Waals surface area contributed by atoms with E-state index < -0.39 is 6.09 Å². The smallest absolute Gasteiger partial charge is 0.407 e. The van der Waals surface area contributed by atoms with Crippen molar-refractivity contribution in [2.24, 2.45) is 5.41 Å². The summed E-state index contributed by atoms with van der Waals surface area (Å²) in [5.74, 6) is -0.477. The van der Waals surface area contributed by atoms with Gasteiger partial charge in [-0.15, -0.1) is 0 Å². The molecule has 2 amide bonds. The second-order valence-electron chi connectivity index (χ2n) is 11.1. The summed E-state index contributed by atoms with van der Waals surface area (Å²) in [6.07, 6.45) is 4.57. The molecule has 1 aliphatic carbocycles. The fourth-order valence-corrected chi connectivity index (χ4v) is 6.53. The molecule has 1 unspecified atom stereocenters. The largest absolute Gasteiger partial charge is 0.506 e. The predicted molar refractivity (Wildman–Crippen MR) is 155 cm³/mol. The Hall–Kier alpha value is -3.59. The number of fused-ring (bicyclic) bond motifs is 1. The van der Waals surface area contributed by atoms with Crippen molar-refractivity contribution in [1.29, 1.82) is 0 Å². The number of nitrogens with zero attached hydrogens (tertiary/aromatic N) is 2. The SMILES string of the molecule is C=CC(=O)N(CCN(CC(Cc1ccccc1)c1ccc(O)c2[nH]c(=O)sc12)C(=O)O)C1CCC(C)(C)CC1. The lowest BCUT2D eigenvalue weighted by atomic mass is 9.75. The molecule has 0 bridgehead atoms. The third-order valence-electron chi connectivity index (χ3n) is 7.88. The van der Waals surface area contributed by atoms with E-state index in [0.717, 1.165) is 48.1 Å². The van der Waals surface area contributed by atoms with Gasteiger partial charge in [0.15, 0.2) is 0 Å². The molecule has 0 radical (unpaired) electrons. The van der Waals surface area contributed by atoms with Crippen LogP contribution in [0.4, 0.5) is 4.79 Å². The third-order valence-corrected chi connectivity index (χ3v) is 8.81. The Kier molecular flexibility index (Phi) is 8.80. The van der Waals surface area contributed by atoms with E-state index in [9.17, 15) is 24.6 Å². The highest BCUT2D eigenvalue weighted by Gasteiger charge is 2.32. The number of H-pyrrole nitrogens is 1. The van der Waals surface area contributed by atoms with Crippen LogP contribution < -0.4 is 4.87 Å². The number of aromatic nitrogens is 1. The molecule has 0 saturated heterocycles. The maximum Gasteiger partial charge on any atom is 0.407 e. The molecule has 1 atom stereocenters. The number of hydrogen-bond acceptors (Lipinski definition) is 5. The van der Waals surface area contributed by atoms with Crippen LogP contribution in [0.1, 0.15) is 56.6 Å². The Balaban J connectivity index is 1.60. The van der Waals surface area contributed by atoms with Gasteiger partial charge in [0.25, 0.3) is 0 Å². The summed E-state index contributed by atoms with van der Waals surface area (Å²) in [6, 6.07) is 13.2. The van der Waals surface area contributed by atoms with Crippen LogP contribution in [0.3, 0.4) is 0 Å². The van der Waals surface area contributed by atoms with Crippen molar-refractivity contribution in [2.45, 2.75) is 57.9 Å². The molecule has 1 saturated carbocycles. The quantitative estimate of drug-likeness (QED) is 0.285. The second-order valence-corrected chi connectivity index (χ2v) is 12.1. The normalized spacial score (nSPS) is 16.1. The van der Waals surface area contributed by atoms with Gasteiger partial charge in [-0.25, -0.2) is 4.79 Å². The molecule has 2 aromatic carbocycles. The van der Waals surface area contributed by atoms with Crippen molar-refractivity contribution in [3.05, 3.63) is 75.9 Å². The number of amides is 2. The molecule has 39 heavy (non-hydrogen) atoms. The highest BCUT2D eigenvalue weighted by atomic mass is 32.1. The van der Waals surface area contributed by atoms with Gasteiger partial charge >= 0.3 is 11.0 Å². The number of hydrogen-bond donors (Lipinski definition) is 3.